The van der Waals surface area contributed by atoms with E-state index in [2.05, 4.69) is 10.3 Å². The summed E-state index contributed by atoms with van der Waals surface area (Å²) < 4.78 is 5.86. The van der Waals surface area contributed by atoms with Crippen molar-refractivity contribution in [2.75, 3.05) is 0 Å². The Balaban J connectivity index is 1.60. The number of carbonyl (C=O) groups is 2. The molecule has 2 N–H and O–H groups in total. The van der Waals surface area contributed by atoms with Crippen LogP contribution in [-0.4, -0.2) is 16.1 Å². The highest BCUT2D eigenvalue weighted by Gasteiger charge is 2.25. The number of H-pyrrole nitrogens is 1. The Labute approximate surface area is 148 Å². The van der Waals surface area contributed by atoms with E-state index in [4.69, 9.17) is 4.74 Å². The van der Waals surface area contributed by atoms with Gasteiger partial charge in [-0.2, -0.15) is 0 Å². The molecule has 0 bridgehead atoms. The first-order chi connectivity index (χ1) is 12.2. The summed E-state index contributed by atoms with van der Waals surface area (Å²) in [7, 11) is 0. The minimum atomic E-state index is -0.360. The van der Waals surface area contributed by atoms with Gasteiger partial charge in [0.15, 0.2) is 0 Å². The molecule has 6 heteroatoms. The smallest absolute Gasteiger partial charge is 0.290 e. The molecule has 3 aromatic rings. The van der Waals surface area contributed by atoms with Crippen LogP contribution in [0.15, 0.2) is 59.6 Å². The number of aromatic amines is 1. The number of thioether (sulfide) groups is 1. The van der Waals surface area contributed by atoms with Crippen LogP contribution in [0.3, 0.4) is 0 Å². The van der Waals surface area contributed by atoms with E-state index < -0.39 is 0 Å². The molecule has 0 saturated carbocycles. The summed E-state index contributed by atoms with van der Waals surface area (Å²) in [6.45, 7) is 0.486. The molecule has 0 unspecified atom stereocenters. The number of carbonyl (C=O) groups excluding carboxylic acids is 2. The van der Waals surface area contributed by atoms with Crippen molar-refractivity contribution >= 4 is 39.9 Å². The van der Waals surface area contributed by atoms with Crippen molar-refractivity contribution in [2.45, 2.75) is 6.61 Å². The number of fused-ring (bicyclic) bond motifs is 1. The molecule has 1 saturated heterocycles. The van der Waals surface area contributed by atoms with Gasteiger partial charge in [-0.05, 0) is 41.6 Å². The Morgan fingerprint density at radius 3 is 2.68 bits per heavy atom. The second kappa shape index (κ2) is 6.49. The molecular formula is C19H14N2O3S. The van der Waals surface area contributed by atoms with Gasteiger partial charge in [0.25, 0.3) is 11.1 Å². The van der Waals surface area contributed by atoms with Gasteiger partial charge in [0.1, 0.15) is 12.4 Å². The molecule has 0 radical (unpaired) electrons. The third kappa shape index (κ3) is 3.29. The van der Waals surface area contributed by atoms with Crippen LogP contribution >= 0.6 is 11.8 Å². The molecular weight excluding hydrogens is 336 g/mol. The van der Waals surface area contributed by atoms with Gasteiger partial charge in [-0.15, -0.1) is 0 Å². The summed E-state index contributed by atoms with van der Waals surface area (Å²) in [6, 6.07) is 15.7. The molecule has 1 aliphatic rings. The molecule has 2 heterocycles. The van der Waals surface area contributed by atoms with Crippen molar-refractivity contribution in [3.8, 4) is 5.75 Å². The predicted octanol–water partition coefficient (Wildman–Crippen LogP) is 4.07. The molecule has 4 rings (SSSR count). The van der Waals surface area contributed by atoms with Crippen molar-refractivity contribution in [3.63, 3.8) is 0 Å². The number of amides is 2. The lowest BCUT2D eigenvalue weighted by Gasteiger charge is -2.06. The Kier molecular flexibility index (Phi) is 4.03. The lowest BCUT2D eigenvalue weighted by Crippen LogP contribution is -2.17. The molecule has 0 aliphatic carbocycles. The van der Waals surface area contributed by atoms with Gasteiger partial charge < -0.3 is 9.72 Å². The molecule has 25 heavy (non-hydrogen) atoms. The van der Waals surface area contributed by atoms with Crippen LogP contribution in [0, 0.1) is 0 Å². The quantitative estimate of drug-likeness (QED) is 0.696. The first kappa shape index (κ1) is 15.5. The average Bonchev–Trinajstić information content (AvgIpc) is 3.17. The van der Waals surface area contributed by atoms with E-state index in [0.717, 1.165) is 39.5 Å². The maximum absolute atomic E-state index is 11.7. The zero-order valence-corrected chi connectivity index (χ0v) is 13.9. The van der Waals surface area contributed by atoms with Crippen LogP contribution in [0.1, 0.15) is 11.1 Å². The largest absolute Gasteiger partial charge is 0.489 e. The van der Waals surface area contributed by atoms with Gasteiger partial charge in [-0.1, -0.05) is 30.3 Å². The van der Waals surface area contributed by atoms with Gasteiger partial charge in [0.05, 0.1) is 4.91 Å². The first-order valence-electron chi connectivity index (χ1n) is 7.72. The zero-order chi connectivity index (χ0) is 17.2. The van der Waals surface area contributed by atoms with Crippen LogP contribution in [0.4, 0.5) is 4.79 Å². The summed E-state index contributed by atoms with van der Waals surface area (Å²) in [5.41, 5.74) is 2.87. The van der Waals surface area contributed by atoms with Crippen molar-refractivity contribution in [1.82, 2.24) is 10.3 Å². The van der Waals surface area contributed by atoms with E-state index in [0.29, 0.717) is 11.5 Å². The number of rotatable bonds is 4. The molecule has 0 atom stereocenters. The van der Waals surface area contributed by atoms with Crippen LogP contribution in [0.2, 0.25) is 0 Å². The summed E-state index contributed by atoms with van der Waals surface area (Å²) in [5.74, 6) is 0.385. The normalized spacial score (nSPS) is 15.8. The van der Waals surface area contributed by atoms with Gasteiger partial charge in [0.2, 0.25) is 0 Å². The summed E-state index contributed by atoms with van der Waals surface area (Å²) in [4.78, 5) is 26.6. The number of imide groups is 1. The number of hydrogen-bond donors (Lipinski definition) is 2. The fourth-order valence-electron chi connectivity index (χ4n) is 2.63. The van der Waals surface area contributed by atoms with E-state index in [9.17, 15) is 9.59 Å². The van der Waals surface area contributed by atoms with Crippen molar-refractivity contribution in [1.29, 1.82) is 0 Å². The maximum Gasteiger partial charge on any atom is 0.290 e. The summed E-state index contributed by atoms with van der Waals surface area (Å²) >= 11 is 0.909. The predicted molar refractivity (Wildman–Crippen MR) is 98.2 cm³/mol. The molecule has 1 aromatic heterocycles. The van der Waals surface area contributed by atoms with Crippen LogP contribution in [-0.2, 0) is 11.4 Å². The summed E-state index contributed by atoms with van der Waals surface area (Å²) in [5, 5.41) is 2.85. The standard InChI is InChI=1S/C19H14N2O3S/c22-18-17(25-19(23)21-18)8-13-10-20-16-7-6-14(9-15(13)16)24-11-12-4-2-1-3-5-12/h1-10,20H,11H2,(H,21,22,23)/b17-8-. The minimum absolute atomic E-state index is 0.344. The van der Waals surface area contributed by atoms with E-state index in [-0.39, 0.29) is 11.1 Å². The minimum Gasteiger partial charge on any atom is -0.489 e. The first-order valence-corrected chi connectivity index (χ1v) is 8.53. The molecule has 2 amide bonds. The highest BCUT2D eigenvalue weighted by Crippen LogP contribution is 2.30. The number of aromatic nitrogens is 1. The van der Waals surface area contributed by atoms with E-state index in [1.54, 1.807) is 6.08 Å². The highest BCUT2D eigenvalue weighted by atomic mass is 32.2. The molecule has 1 aliphatic heterocycles. The van der Waals surface area contributed by atoms with Crippen LogP contribution in [0.25, 0.3) is 17.0 Å². The van der Waals surface area contributed by atoms with Crippen LogP contribution < -0.4 is 10.1 Å². The maximum atomic E-state index is 11.7. The SMILES string of the molecule is O=C1NC(=O)/C(=C/c2c[nH]c3ccc(OCc4ccccc4)cc23)S1. The number of benzene rings is 2. The van der Waals surface area contributed by atoms with Crippen molar-refractivity contribution in [3.05, 3.63) is 70.8 Å². The third-order valence-corrected chi connectivity index (χ3v) is 4.67. The number of ether oxygens (including phenoxy) is 1. The topological polar surface area (TPSA) is 71.2 Å². The third-order valence-electron chi connectivity index (χ3n) is 3.86. The highest BCUT2D eigenvalue weighted by molar-refractivity contribution is 8.18. The zero-order valence-electron chi connectivity index (χ0n) is 13.1. The Bertz CT molecular complexity index is 992. The Morgan fingerprint density at radius 1 is 1.08 bits per heavy atom. The summed E-state index contributed by atoms with van der Waals surface area (Å²) in [6.07, 6.45) is 3.53. The molecule has 2 aromatic carbocycles. The number of nitrogens with one attached hydrogen (secondary N) is 2. The van der Waals surface area contributed by atoms with Crippen LogP contribution in [0.5, 0.6) is 5.75 Å². The number of hydrogen-bond acceptors (Lipinski definition) is 4. The molecule has 124 valence electrons. The molecule has 5 nitrogen and oxygen atoms in total. The van der Waals surface area contributed by atoms with Gasteiger partial charge in [0, 0.05) is 22.7 Å². The second-order valence-corrected chi connectivity index (χ2v) is 6.59. The van der Waals surface area contributed by atoms with Gasteiger partial charge >= 0.3 is 0 Å². The van der Waals surface area contributed by atoms with E-state index >= 15 is 0 Å². The Morgan fingerprint density at radius 2 is 1.92 bits per heavy atom. The lowest BCUT2D eigenvalue weighted by molar-refractivity contribution is -0.115. The van der Waals surface area contributed by atoms with E-state index in [1.807, 2.05) is 54.7 Å². The molecule has 1 fully saturated rings. The monoisotopic (exact) mass is 350 g/mol. The second-order valence-electron chi connectivity index (χ2n) is 5.58. The lowest BCUT2D eigenvalue weighted by atomic mass is 10.1. The Hall–Kier alpha value is -2.99. The molecule has 0 spiro atoms. The fraction of sp³-hybridized carbons (Fsp3) is 0.0526. The fourth-order valence-corrected chi connectivity index (χ4v) is 3.31. The van der Waals surface area contributed by atoms with Gasteiger partial charge in [-0.25, -0.2) is 0 Å². The average molecular weight is 350 g/mol. The van der Waals surface area contributed by atoms with Gasteiger partial charge in [-0.3, -0.25) is 14.9 Å². The van der Waals surface area contributed by atoms with Crippen molar-refractivity contribution < 1.29 is 14.3 Å². The van der Waals surface area contributed by atoms with Crippen molar-refractivity contribution in [2.24, 2.45) is 0 Å². The van der Waals surface area contributed by atoms with E-state index in [1.165, 1.54) is 0 Å².